The number of hydrogen-bond donors (Lipinski definition) is 2. The van der Waals surface area contributed by atoms with Gasteiger partial charge in [0, 0.05) is 11.8 Å². The summed E-state index contributed by atoms with van der Waals surface area (Å²) in [4.78, 5) is 4.45. The molecule has 0 saturated heterocycles. The van der Waals surface area contributed by atoms with Crippen molar-refractivity contribution in [2.75, 3.05) is 0 Å². The SMILES string of the molecule is Cc1ccnc2c1/C(=N\N=C(N)N)CC(c1ccccc1F)C2. The van der Waals surface area contributed by atoms with Crippen LogP contribution < -0.4 is 11.5 Å². The Labute approximate surface area is 133 Å². The number of nitrogens with zero attached hydrogens (tertiary/aromatic N) is 3. The maximum Gasteiger partial charge on any atom is 0.211 e. The molecule has 2 aromatic rings. The number of nitrogens with two attached hydrogens (primary N) is 2. The Morgan fingerprint density at radius 3 is 2.74 bits per heavy atom. The van der Waals surface area contributed by atoms with E-state index in [2.05, 4.69) is 15.2 Å². The van der Waals surface area contributed by atoms with E-state index in [1.54, 1.807) is 18.3 Å². The Hall–Kier alpha value is -2.76. The van der Waals surface area contributed by atoms with Gasteiger partial charge >= 0.3 is 0 Å². The minimum atomic E-state index is -0.213. The number of guanidine groups is 1. The third-order valence-electron chi connectivity index (χ3n) is 4.04. The summed E-state index contributed by atoms with van der Waals surface area (Å²) in [6, 6.07) is 8.73. The fourth-order valence-electron chi connectivity index (χ4n) is 3.04. The van der Waals surface area contributed by atoms with E-state index in [0.29, 0.717) is 18.4 Å². The van der Waals surface area contributed by atoms with Crippen LogP contribution in [0.1, 0.15) is 34.7 Å². The molecule has 6 heteroatoms. The van der Waals surface area contributed by atoms with E-state index < -0.39 is 0 Å². The Morgan fingerprint density at radius 2 is 2.00 bits per heavy atom. The van der Waals surface area contributed by atoms with Crippen LogP contribution in [0.2, 0.25) is 0 Å². The molecule has 0 spiro atoms. The van der Waals surface area contributed by atoms with Gasteiger partial charge in [-0.3, -0.25) is 4.98 Å². The lowest BCUT2D eigenvalue weighted by Crippen LogP contribution is -2.24. The van der Waals surface area contributed by atoms with Crippen molar-refractivity contribution >= 4 is 11.7 Å². The van der Waals surface area contributed by atoms with Crippen LogP contribution in [0.4, 0.5) is 4.39 Å². The fraction of sp³-hybridized carbons (Fsp3) is 0.235. The molecule has 0 radical (unpaired) electrons. The predicted octanol–water partition coefficient (Wildman–Crippen LogP) is 2.24. The predicted molar refractivity (Wildman–Crippen MR) is 88.8 cm³/mol. The van der Waals surface area contributed by atoms with Gasteiger partial charge in [-0.1, -0.05) is 18.2 Å². The summed E-state index contributed by atoms with van der Waals surface area (Å²) < 4.78 is 14.1. The average molecular weight is 311 g/mol. The molecule has 1 aromatic carbocycles. The van der Waals surface area contributed by atoms with Gasteiger partial charge in [-0.15, -0.1) is 5.10 Å². The van der Waals surface area contributed by atoms with Crippen molar-refractivity contribution in [3.63, 3.8) is 0 Å². The molecule has 4 N–H and O–H groups in total. The molecule has 1 aliphatic rings. The molecule has 118 valence electrons. The van der Waals surface area contributed by atoms with Crippen molar-refractivity contribution in [2.45, 2.75) is 25.7 Å². The number of hydrogen-bond acceptors (Lipinski definition) is 3. The summed E-state index contributed by atoms with van der Waals surface area (Å²) in [6.45, 7) is 2.00. The highest BCUT2D eigenvalue weighted by molar-refractivity contribution is 6.04. The first kappa shape index (κ1) is 15.1. The summed E-state index contributed by atoms with van der Waals surface area (Å²) in [5.41, 5.74) is 15.1. The molecular weight excluding hydrogens is 293 g/mol. The molecule has 0 bridgehead atoms. The molecule has 1 atom stereocenters. The number of aromatic nitrogens is 1. The van der Waals surface area contributed by atoms with Gasteiger partial charge in [-0.05, 0) is 48.9 Å². The van der Waals surface area contributed by atoms with Crippen molar-refractivity contribution in [3.05, 3.63) is 64.7 Å². The zero-order chi connectivity index (χ0) is 16.4. The molecule has 23 heavy (non-hydrogen) atoms. The third kappa shape index (κ3) is 3.06. The van der Waals surface area contributed by atoms with Gasteiger partial charge in [0.1, 0.15) is 5.82 Å². The second kappa shape index (κ2) is 6.16. The molecule has 1 aromatic heterocycles. The monoisotopic (exact) mass is 311 g/mol. The van der Waals surface area contributed by atoms with Crippen LogP contribution in [-0.4, -0.2) is 16.7 Å². The van der Waals surface area contributed by atoms with Crippen LogP contribution in [0, 0.1) is 12.7 Å². The lowest BCUT2D eigenvalue weighted by Gasteiger charge is -2.26. The molecule has 0 aliphatic heterocycles. The highest BCUT2D eigenvalue weighted by atomic mass is 19.1. The normalized spacial score (nSPS) is 18.5. The first-order chi connectivity index (χ1) is 11.1. The van der Waals surface area contributed by atoms with Crippen molar-refractivity contribution in [2.24, 2.45) is 21.7 Å². The van der Waals surface area contributed by atoms with E-state index >= 15 is 0 Å². The van der Waals surface area contributed by atoms with Gasteiger partial charge in [0.25, 0.3) is 0 Å². The number of fused-ring (bicyclic) bond motifs is 1. The summed E-state index contributed by atoms with van der Waals surface area (Å²) in [6.07, 6.45) is 2.99. The quantitative estimate of drug-likeness (QED) is 0.506. The summed E-state index contributed by atoms with van der Waals surface area (Å²) >= 11 is 0. The Bertz CT molecular complexity index is 793. The number of aryl methyl sites for hydroxylation is 1. The number of rotatable bonds is 2. The van der Waals surface area contributed by atoms with Gasteiger partial charge in [0.2, 0.25) is 5.96 Å². The topological polar surface area (TPSA) is 89.6 Å². The summed E-state index contributed by atoms with van der Waals surface area (Å²) in [5.74, 6) is -0.352. The second-order valence-electron chi connectivity index (χ2n) is 5.65. The van der Waals surface area contributed by atoms with Crippen molar-refractivity contribution in [1.82, 2.24) is 4.98 Å². The number of halogens is 1. The van der Waals surface area contributed by atoms with Gasteiger partial charge in [0.15, 0.2) is 0 Å². The van der Waals surface area contributed by atoms with Crippen LogP contribution in [0.15, 0.2) is 46.7 Å². The number of pyridine rings is 1. The van der Waals surface area contributed by atoms with Crippen LogP contribution in [0.3, 0.4) is 0 Å². The van der Waals surface area contributed by atoms with Gasteiger partial charge < -0.3 is 11.5 Å². The number of benzene rings is 1. The molecule has 0 fully saturated rings. The zero-order valence-corrected chi connectivity index (χ0v) is 12.8. The minimum absolute atomic E-state index is 0.0362. The molecule has 1 aliphatic carbocycles. The van der Waals surface area contributed by atoms with Crippen molar-refractivity contribution < 1.29 is 4.39 Å². The molecular formula is C17H18FN5. The van der Waals surface area contributed by atoms with Gasteiger partial charge in [0.05, 0.1) is 11.4 Å². The van der Waals surface area contributed by atoms with Gasteiger partial charge in [-0.2, -0.15) is 5.10 Å². The van der Waals surface area contributed by atoms with E-state index in [4.69, 9.17) is 11.5 Å². The maximum atomic E-state index is 14.1. The minimum Gasteiger partial charge on any atom is -0.369 e. The summed E-state index contributed by atoms with van der Waals surface area (Å²) in [5, 5.41) is 7.96. The smallest absolute Gasteiger partial charge is 0.211 e. The van der Waals surface area contributed by atoms with Crippen LogP contribution >= 0.6 is 0 Å². The largest absolute Gasteiger partial charge is 0.369 e. The van der Waals surface area contributed by atoms with Crippen LogP contribution in [-0.2, 0) is 6.42 Å². The van der Waals surface area contributed by atoms with Crippen molar-refractivity contribution in [3.8, 4) is 0 Å². The molecule has 5 nitrogen and oxygen atoms in total. The van der Waals surface area contributed by atoms with E-state index in [9.17, 15) is 4.39 Å². The standard InChI is InChI=1S/C17H18FN5/c1-10-6-7-21-14-8-11(12-4-2-3-5-13(12)18)9-15(16(10)14)22-23-17(19)20/h2-7,11H,8-9H2,1H3,(H4,19,20,23)/b22-15-. The second-order valence-corrected chi connectivity index (χ2v) is 5.65. The lowest BCUT2D eigenvalue weighted by molar-refractivity contribution is 0.572. The molecule has 3 rings (SSSR count). The van der Waals surface area contributed by atoms with Crippen LogP contribution in [0.5, 0.6) is 0 Å². The Balaban J connectivity index is 2.08. The fourth-order valence-corrected chi connectivity index (χ4v) is 3.04. The third-order valence-corrected chi connectivity index (χ3v) is 4.04. The van der Waals surface area contributed by atoms with Gasteiger partial charge in [-0.25, -0.2) is 4.39 Å². The van der Waals surface area contributed by atoms with Crippen LogP contribution in [0.25, 0.3) is 0 Å². The Morgan fingerprint density at radius 1 is 1.22 bits per heavy atom. The highest BCUT2D eigenvalue weighted by Crippen LogP contribution is 2.34. The molecule has 1 heterocycles. The molecule has 0 saturated carbocycles. The Kier molecular flexibility index (Phi) is 4.06. The van der Waals surface area contributed by atoms with E-state index in [1.807, 2.05) is 19.1 Å². The first-order valence-electron chi connectivity index (χ1n) is 7.41. The summed E-state index contributed by atoms with van der Waals surface area (Å²) in [7, 11) is 0. The van der Waals surface area contributed by atoms with E-state index in [0.717, 1.165) is 22.5 Å². The van der Waals surface area contributed by atoms with E-state index in [1.165, 1.54) is 6.07 Å². The zero-order valence-electron chi connectivity index (χ0n) is 12.8. The van der Waals surface area contributed by atoms with Crippen molar-refractivity contribution in [1.29, 1.82) is 0 Å². The average Bonchev–Trinajstić information content (AvgIpc) is 2.53. The lowest BCUT2D eigenvalue weighted by atomic mass is 9.80. The maximum absolute atomic E-state index is 14.1. The highest BCUT2D eigenvalue weighted by Gasteiger charge is 2.28. The molecule has 0 amide bonds. The first-order valence-corrected chi connectivity index (χ1v) is 7.41. The molecule has 1 unspecified atom stereocenters. The van der Waals surface area contributed by atoms with E-state index in [-0.39, 0.29) is 17.7 Å².